The smallest absolute Gasteiger partial charge is 0.234 e. The summed E-state index contributed by atoms with van der Waals surface area (Å²) in [5, 5.41) is 12.1. The van der Waals surface area contributed by atoms with E-state index < -0.39 is 0 Å². The van der Waals surface area contributed by atoms with Crippen molar-refractivity contribution in [2.24, 2.45) is 0 Å². The molecule has 128 valence electrons. The molecule has 0 bridgehead atoms. The Labute approximate surface area is 150 Å². The summed E-state index contributed by atoms with van der Waals surface area (Å²) in [5.41, 5.74) is 2.64. The molecule has 2 heterocycles. The van der Waals surface area contributed by atoms with Gasteiger partial charge in [0.05, 0.1) is 5.75 Å². The van der Waals surface area contributed by atoms with Crippen LogP contribution in [-0.2, 0) is 11.3 Å². The summed E-state index contributed by atoms with van der Waals surface area (Å²) >= 11 is 1.37. The molecule has 2 aromatic heterocycles. The van der Waals surface area contributed by atoms with E-state index in [-0.39, 0.29) is 11.7 Å². The summed E-state index contributed by atoms with van der Waals surface area (Å²) in [6.45, 7) is 4.70. The van der Waals surface area contributed by atoms with Gasteiger partial charge in [0.1, 0.15) is 5.69 Å². The lowest BCUT2D eigenvalue weighted by atomic mass is 10.2. The molecule has 7 heteroatoms. The van der Waals surface area contributed by atoms with Crippen molar-refractivity contribution in [3.63, 3.8) is 0 Å². The molecular weight excluding hydrogens is 334 g/mol. The third-order valence-corrected chi connectivity index (χ3v) is 4.65. The molecule has 0 aliphatic rings. The number of para-hydroxylation sites is 1. The zero-order valence-electron chi connectivity index (χ0n) is 14.1. The Morgan fingerprint density at radius 2 is 1.96 bits per heavy atom. The van der Waals surface area contributed by atoms with Gasteiger partial charge in [-0.3, -0.25) is 9.78 Å². The first-order valence-corrected chi connectivity index (χ1v) is 9.00. The van der Waals surface area contributed by atoms with Crippen LogP contribution in [0.25, 0.3) is 11.5 Å². The average Bonchev–Trinajstić information content (AvgIpc) is 3.05. The van der Waals surface area contributed by atoms with E-state index in [0.717, 1.165) is 16.9 Å². The number of hydrogen-bond donors (Lipinski definition) is 1. The molecule has 0 unspecified atom stereocenters. The molecule has 0 aliphatic heterocycles. The molecule has 1 N–H and O–H groups in total. The van der Waals surface area contributed by atoms with E-state index in [2.05, 4.69) is 20.5 Å². The number of aromatic nitrogens is 4. The maximum atomic E-state index is 12.2. The van der Waals surface area contributed by atoms with E-state index in [1.165, 1.54) is 11.8 Å². The zero-order chi connectivity index (χ0) is 17.6. The number of rotatable bonds is 6. The quantitative estimate of drug-likeness (QED) is 0.688. The van der Waals surface area contributed by atoms with Crippen molar-refractivity contribution in [2.45, 2.75) is 25.5 Å². The minimum atomic E-state index is -0.0654. The molecule has 0 saturated heterocycles. The van der Waals surface area contributed by atoms with Gasteiger partial charge in [-0.1, -0.05) is 36.0 Å². The maximum Gasteiger partial charge on any atom is 0.234 e. The third-order valence-electron chi connectivity index (χ3n) is 3.68. The van der Waals surface area contributed by atoms with Gasteiger partial charge in [-0.25, -0.2) is 0 Å². The Morgan fingerprint density at radius 1 is 1.16 bits per heavy atom. The molecule has 0 atom stereocenters. The van der Waals surface area contributed by atoms with Crippen molar-refractivity contribution in [2.75, 3.05) is 11.1 Å². The number of carbonyl (C=O) groups is 1. The number of thioether (sulfide) groups is 1. The number of nitrogens with zero attached hydrogens (tertiary/aromatic N) is 4. The molecule has 6 nitrogen and oxygen atoms in total. The molecule has 3 rings (SSSR count). The molecule has 3 aromatic rings. The summed E-state index contributed by atoms with van der Waals surface area (Å²) in [7, 11) is 0. The second kappa shape index (κ2) is 7.94. The molecule has 0 fully saturated rings. The summed E-state index contributed by atoms with van der Waals surface area (Å²) in [6.07, 6.45) is 1.73. The van der Waals surface area contributed by atoms with Crippen LogP contribution in [0.15, 0.2) is 53.8 Å². The molecule has 25 heavy (non-hydrogen) atoms. The van der Waals surface area contributed by atoms with Crippen molar-refractivity contribution >= 4 is 23.4 Å². The Kier molecular flexibility index (Phi) is 5.45. The van der Waals surface area contributed by atoms with Gasteiger partial charge in [-0.2, -0.15) is 0 Å². The molecule has 1 amide bonds. The maximum absolute atomic E-state index is 12.2. The van der Waals surface area contributed by atoms with E-state index in [1.54, 1.807) is 6.20 Å². The summed E-state index contributed by atoms with van der Waals surface area (Å²) in [6, 6.07) is 13.4. The number of benzene rings is 1. The normalized spacial score (nSPS) is 10.6. The van der Waals surface area contributed by atoms with Gasteiger partial charge in [-0.05, 0) is 37.6 Å². The molecule has 0 aliphatic carbocycles. The van der Waals surface area contributed by atoms with E-state index in [4.69, 9.17) is 0 Å². The van der Waals surface area contributed by atoms with Gasteiger partial charge in [0.25, 0.3) is 0 Å². The number of amides is 1. The second-order valence-electron chi connectivity index (χ2n) is 5.42. The van der Waals surface area contributed by atoms with Crippen LogP contribution in [0, 0.1) is 6.92 Å². The fourth-order valence-corrected chi connectivity index (χ4v) is 3.20. The van der Waals surface area contributed by atoms with Gasteiger partial charge < -0.3 is 9.88 Å². The van der Waals surface area contributed by atoms with Gasteiger partial charge in [0, 0.05) is 18.4 Å². The van der Waals surface area contributed by atoms with Crippen LogP contribution in [0.1, 0.15) is 12.5 Å². The predicted octanol–water partition coefficient (Wildman–Crippen LogP) is 3.40. The zero-order valence-corrected chi connectivity index (χ0v) is 15.0. The SMILES string of the molecule is CCn1c(SCC(=O)Nc2ccccc2C)nnc1-c1ccccn1. The molecule has 0 radical (unpaired) electrons. The highest BCUT2D eigenvalue weighted by molar-refractivity contribution is 7.99. The Balaban J connectivity index is 1.68. The summed E-state index contributed by atoms with van der Waals surface area (Å²) in [4.78, 5) is 16.5. The van der Waals surface area contributed by atoms with Crippen LogP contribution in [0.3, 0.4) is 0 Å². The lowest BCUT2D eigenvalue weighted by Gasteiger charge is -2.09. The van der Waals surface area contributed by atoms with E-state index in [1.807, 2.05) is 60.9 Å². The molecular formula is C18H19N5OS. The van der Waals surface area contributed by atoms with E-state index >= 15 is 0 Å². The number of pyridine rings is 1. The highest BCUT2D eigenvalue weighted by Gasteiger charge is 2.15. The topological polar surface area (TPSA) is 72.7 Å². The predicted molar refractivity (Wildman–Crippen MR) is 99.5 cm³/mol. The molecule has 0 spiro atoms. The first-order chi connectivity index (χ1) is 12.2. The van der Waals surface area contributed by atoms with Crippen molar-refractivity contribution in [3.8, 4) is 11.5 Å². The molecule has 1 aromatic carbocycles. The third kappa shape index (κ3) is 4.06. The number of nitrogens with one attached hydrogen (secondary N) is 1. The van der Waals surface area contributed by atoms with E-state index in [9.17, 15) is 4.79 Å². The largest absolute Gasteiger partial charge is 0.325 e. The first-order valence-electron chi connectivity index (χ1n) is 8.02. The molecule has 0 saturated carbocycles. The number of hydrogen-bond acceptors (Lipinski definition) is 5. The lowest BCUT2D eigenvalue weighted by Crippen LogP contribution is -2.15. The number of anilines is 1. The van der Waals surface area contributed by atoms with E-state index in [0.29, 0.717) is 17.5 Å². The minimum absolute atomic E-state index is 0.0654. The van der Waals surface area contributed by atoms with Gasteiger partial charge >= 0.3 is 0 Å². The Morgan fingerprint density at radius 3 is 2.68 bits per heavy atom. The van der Waals surface area contributed by atoms with Crippen LogP contribution in [0.4, 0.5) is 5.69 Å². The fraction of sp³-hybridized carbons (Fsp3) is 0.222. The Bertz CT molecular complexity index is 863. The lowest BCUT2D eigenvalue weighted by molar-refractivity contribution is -0.113. The second-order valence-corrected chi connectivity index (χ2v) is 6.36. The first kappa shape index (κ1) is 17.2. The number of carbonyl (C=O) groups excluding carboxylic acids is 1. The standard InChI is InChI=1S/C18H19N5OS/c1-3-23-17(15-10-6-7-11-19-15)21-22-18(23)25-12-16(24)20-14-9-5-4-8-13(14)2/h4-11H,3,12H2,1-2H3,(H,20,24). The fourth-order valence-electron chi connectivity index (χ4n) is 2.39. The summed E-state index contributed by atoms with van der Waals surface area (Å²) < 4.78 is 1.97. The Hall–Kier alpha value is -2.67. The van der Waals surface area contributed by atoms with Gasteiger partial charge in [-0.15, -0.1) is 10.2 Å². The van der Waals surface area contributed by atoms with Crippen molar-refractivity contribution in [1.82, 2.24) is 19.7 Å². The monoisotopic (exact) mass is 353 g/mol. The van der Waals surface area contributed by atoms with Crippen LogP contribution >= 0.6 is 11.8 Å². The van der Waals surface area contributed by atoms with Crippen LogP contribution < -0.4 is 5.32 Å². The van der Waals surface area contributed by atoms with Crippen LogP contribution in [0.2, 0.25) is 0 Å². The number of aryl methyl sites for hydroxylation is 1. The summed E-state index contributed by atoms with van der Waals surface area (Å²) in [5.74, 6) is 0.920. The highest BCUT2D eigenvalue weighted by Crippen LogP contribution is 2.23. The average molecular weight is 353 g/mol. The van der Waals surface area contributed by atoms with Crippen molar-refractivity contribution in [3.05, 3.63) is 54.2 Å². The van der Waals surface area contributed by atoms with Gasteiger partial charge in [0.15, 0.2) is 11.0 Å². The van der Waals surface area contributed by atoms with Crippen LogP contribution in [0.5, 0.6) is 0 Å². The van der Waals surface area contributed by atoms with Gasteiger partial charge in [0.2, 0.25) is 5.91 Å². The van der Waals surface area contributed by atoms with Crippen molar-refractivity contribution < 1.29 is 4.79 Å². The highest BCUT2D eigenvalue weighted by atomic mass is 32.2. The van der Waals surface area contributed by atoms with Crippen molar-refractivity contribution in [1.29, 1.82) is 0 Å². The minimum Gasteiger partial charge on any atom is -0.325 e. The van der Waals surface area contributed by atoms with Crippen LogP contribution in [-0.4, -0.2) is 31.4 Å².